The monoisotopic (exact) mass is 243 g/mol. The summed E-state index contributed by atoms with van der Waals surface area (Å²) in [6, 6.07) is 0. The lowest BCUT2D eigenvalue weighted by atomic mass is 10.3. The van der Waals surface area contributed by atoms with Crippen molar-refractivity contribution >= 4 is 11.2 Å². The molecule has 3 aromatic heterocycles. The number of imidazole rings is 1. The number of fused-ring (bicyclic) bond motifs is 1. The number of aromatic nitrogens is 7. The smallest absolute Gasteiger partial charge is 0.170 e. The summed E-state index contributed by atoms with van der Waals surface area (Å²) in [5.74, 6) is 0.709. The van der Waals surface area contributed by atoms with Crippen molar-refractivity contribution in [2.75, 3.05) is 0 Å². The summed E-state index contributed by atoms with van der Waals surface area (Å²) in [5, 5.41) is 7.56. The summed E-state index contributed by atoms with van der Waals surface area (Å²) in [5.41, 5.74) is 1.62. The average Bonchev–Trinajstić information content (AvgIpc) is 3.05. The zero-order chi connectivity index (χ0) is 12.4. The van der Waals surface area contributed by atoms with Gasteiger partial charge in [-0.05, 0) is 6.42 Å². The molecular formula is C11H13N7. The zero-order valence-corrected chi connectivity index (χ0v) is 10.1. The van der Waals surface area contributed by atoms with Crippen molar-refractivity contribution in [3.8, 4) is 5.82 Å². The Hall–Kier alpha value is -2.31. The summed E-state index contributed by atoms with van der Waals surface area (Å²) in [4.78, 5) is 12.9. The number of unbranched alkanes of at least 4 members (excludes halogenated alkanes) is 1. The number of aryl methyl sites for hydroxylation is 1. The first-order chi connectivity index (χ1) is 8.90. The van der Waals surface area contributed by atoms with Gasteiger partial charge in [0.05, 0.1) is 6.33 Å². The molecule has 0 radical (unpaired) electrons. The van der Waals surface area contributed by atoms with Crippen LogP contribution < -0.4 is 0 Å². The Morgan fingerprint density at radius 2 is 1.89 bits per heavy atom. The fourth-order valence-electron chi connectivity index (χ4n) is 1.86. The highest BCUT2D eigenvalue weighted by Crippen LogP contribution is 2.16. The molecule has 0 aliphatic carbocycles. The van der Waals surface area contributed by atoms with Gasteiger partial charge in [0, 0.05) is 6.54 Å². The van der Waals surface area contributed by atoms with Crippen LogP contribution in [0, 0.1) is 0 Å². The van der Waals surface area contributed by atoms with E-state index in [1.807, 2.05) is 10.9 Å². The second-order valence-electron chi connectivity index (χ2n) is 4.03. The molecule has 0 N–H and O–H groups in total. The van der Waals surface area contributed by atoms with Gasteiger partial charge in [0.15, 0.2) is 17.0 Å². The largest absolute Gasteiger partial charge is 0.315 e. The Morgan fingerprint density at radius 1 is 1.06 bits per heavy atom. The highest BCUT2D eigenvalue weighted by atomic mass is 15.3. The Labute approximate surface area is 104 Å². The molecule has 0 amide bonds. The van der Waals surface area contributed by atoms with Gasteiger partial charge in [-0.3, -0.25) is 4.57 Å². The lowest BCUT2D eigenvalue weighted by Crippen LogP contribution is -2.00. The third-order valence-electron chi connectivity index (χ3n) is 2.80. The number of rotatable bonds is 4. The molecule has 0 saturated heterocycles. The maximum Gasteiger partial charge on any atom is 0.170 e. The number of nitrogens with zero attached hydrogens (tertiary/aromatic N) is 7. The number of hydrogen-bond acceptors (Lipinski definition) is 5. The van der Waals surface area contributed by atoms with E-state index >= 15 is 0 Å². The van der Waals surface area contributed by atoms with Crippen LogP contribution in [0.5, 0.6) is 0 Å². The molecule has 0 saturated carbocycles. The molecule has 0 aromatic carbocycles. The van der Waals surface area contributed by atoms with Crippen LogP contribution in [0.15, 0.2) is 25.3 Å². The topological polar surface area (TPSA) is 74.3 Å². The Balaban J connectivity index is 2.10. The van der Waals surface area contributed by atoms with Gasteiger partial charge in [0.2, 0.25) is 0 Å². The molecule has 3 rings (SSSR count). The second-order valence-corrected chi connectivity index (χ2v) is 4.03. The lowest BCUT2D eigenvalue weighted by molar-refractivity contribution is 0.641. The van der Waals surface area contributed by atoms with Gasteiger partial charge in [0.1, 0.15) is 19.0 Å². The van der Waals surface area contributed by atoms with Crippen molar-refractivity contribution in [1.82, 2.24) is 34.3 Å². The fraction of sp³-hybridized carbons (Fsp3) is 0.364. The molecule has 92 valence electrons. The third kappa shape index (κ3) is 1.73. The molecule has 0 bridgehead atoms. The quantitative estimate of drug-likeness (QED) is 0.688. The van der Waals surface area contributed by atoms with Crippen molar-refractivity contribution in [2.24, 2.45) is 0 Å². The third-order valence-corrected chi connectivity index (χ3v) is 2.80. The minimum Gasteiger partial charge on any atom is -0.315 e. The van der Waals surface area contributed by atoms with Crippen LogP contribution in [0.25, 0.3) is 17.0 Å². The summed E-state index contributed by atoms with van der Waals surface area (Å²) in [6.07, 6.45) is 8.81. The van der Waals surface area contributed by atoms with Crippen molar-refractivity contribution < 1.29 is 0 Å². The van der Waals surface area contributed by atoms with Crippen molar-refractivity contribution in [3.05, 3.63) is 25.3 Å². The van der Waals surface area contributed by atoms with E-state index in [0.717, 1.165) is 30.6 Å². The summed E-state index contributed by atoms with van der Waals surface area (Å²) in [7, 11) is 0. The molecule has 0 fully saturated rings. The van der Waals surface area contributed by atoms with Crippen LogP contribution in [0.2, 0.25) is 0 Å². The van der Waals surface area contributed by atoms with E-state index < -0.39 is 0 Å². The average molecular weight is 243 g/mol. The first kappa shape index (κ1) is 10.8. The van der Waals surface area contributed by atoms with Gasteiger partial charge in [-0.2, -0.15) is 0 Å². The molecular weight excluding hydrogens is 230 g/mol. The van der Waals surface area contributed by atoms with Crippen LogP contribution in [-0.2, 0) is 6.54 Å². The fourth-order valence-corrected chi connectivity index (χ4v) is 1.86. The van der Waals surface area contributed by atoms with Crippen LogP contribution in [0.3, 0.4) is 0 Å². The molecule has 0 spiro atoms. The van der Waals surface area contributed by atoms with Gasteiger partial charge >= 0.3 is 0 Å². The Bertz CT molecular complexity index is 641. The molecule has 0 atom stereocenters. The molecule has 3 aromatic rings. The molecule has 0 aliphatic heterocycles. The number of hydrogen-bond donors (Lipinski definition) is 0. The van der Waals surface area contributed by atoms with E-state index in [2.05, 4.69) is 32.1 Å². The Morgan fingerprint density at radius 3 is 2.67 bits per heavy atom. The van der Waals surface area contributed by atoms with Gasteiger partial charge in [0.25, 0.3) is 0 Å². The predicted octanol–water partition coefficient (Wildman–Crippen LogP) is 1.21. The molecule has 7 nitrogen and oxygen atoms in total. The summed E-state index contributed by atoms with van der Waals surface area (Å²) in [6.45, 7) is 3.09. The zero-order valence-electron chi connectivity index (χ0n) is 10.1. The van der Waals surface area contributed by atoms with E-state index in [1.165, 1.54) is 0 Å². The van der Waals surface area contributed by atoms with E-state index in [-0.39, 0.29) is 0 Å². The van der Waals surface area contributed by atoms with Gasteiger partial charge in [-0.25, -0.2) is 15.0 Å². The van der Waals surface area contributed by atoms with Gasteiger partial charge in [-0.1, -0.05) is 13.3 Å². The van der Waals surface area contributed by atoms with Crippen LogP contribution in [-0.4, -0.2) is 34.3 Å². The predicted molar refractivity (Wildman–Crippen MR) is 65.1 cm³/mol. The minimum atomic E-state index is 0.709. The Kier molecular flexibility index (Phi) is 2.71. The van der Waals surface area contributed by atoms with E-state index in [4.69, 9.17) is 0 Å². The van der Waals surface area contributed by atoms with Crippen molar-refractivity contribution in [3.63, 3.8) is 0 Å². The highest BCUT2D eigenvalue weighted by molar-refractivity contribution is 5.78. The summed E-state index contributed by atoms with van der Waals surface area (Å²) < 4.78 is 3.79. The maximum atomic E-state index is 4.39. The van der Waals surface area contributed by atoms with Gasteiger partial charge < -0.3 is 4.57 Å². The highest BCUT2D eigenvalue weighted by Gasteiger charge is 2.11. The van der Waals surface area contributed by atoms with Crippen molar-refractivity contribution in [2.45, 2.75) is 26.3 Å². The van der Waals surface area contributed by atoms with Gasteiger partial charge in [-0.15, -0.1) is 10.2 Å². The van der Waals surface area contributed by atoms with Crippen molar-refractivity contribution in [1.29, 1.82) is 0 Å². The molecule has 7 heteroatoms. The summed E-state index contributed by atoms with van der Waals surface area (Å²) >= 11 is 0. The van der Waals surface area contributed by atoms with Crippen LogP contribution in [0.4, 0.5) is 0 Å². The second kappa shape index (κ2) is 4.52. The SMILES string of the molecule is CCCCn1cnc2c(-n3cnnc3)ncnc21. The molecule has 3 heterocycles. The van der Waals surface area contributed by atoms with E-state index in [9.17, 15) is 0 Å². The standard InChI is InChI=1S/C11H13N7/c1-2-3-4-17-6-14-9-10(17)12-5-13-11(9)18-7-15-16-8-18/h5-8H,2-4H2,1H3. The first-order valence-corrected chi connectivity index (χ1v) is 5.91. The molecule has 0 unspecified atom stereocenters. The normalized spacial score (nSPS) is 11.2. The van der Waals surface area contributed by atoms with Crippen LogP contribution >= 0.6 is 0 Å². The maximum absolute atomic E-state index is 4.39. The van der Waals surface area contributed by atoms with E-state index in [1.54, 1.807) is 23.5 Å². The minimum absolute atomic E-state index is 0.709. The molecule has 0 aliphatic rings. The molecule has 18 heavy (non-hydrogen) atoms. The van der Waals surface area contributed by atoms with Crippen LogP contribution in [0.1, 0.15) is 19.8 Å². The lowest BCUT2D eigenvalue weighted by Gasteiger charge is -2.03. The first-order valence-electron chi connectivity index (χ1n) is 5.91. The van der Waals surface area contributed by atoms with E-state index in [0.29, 0.717) is 5.82 Å².